The van der Waals surface area contributed by atoms with Crippen LogP contribution in [0.3, 0.4) is 0 Å². The Balaban J connectivity index is 0.951. The molecule has 2 aliphatic rings. The first-order valence-electron chi connectivity index (χ1n) is 24.3. The largest absolute Gasteiger partial charge is 0.311 e. The van der Waals surface area contributed by atoms with Gasteiger partial charge < -0.3 is 14.4 Å². The second kappa shape index (κ2) is 16.7. The van der Waals surface area contributed by atoms with E-state index >= 15 is 0 Å². The van der Waals surface area contributed by atoms with Gasteiger partial charge in [-0.15, -0.1) is 0 Å². The number of hydrogen-bond donors (Lipinski definition) is 0. The van der Waals surface area contributed by atoms with Crippen molar-refractivity contribution >= 4 is 79.0 Å². The molecule has 0 N–H and O–H groups in total. The van der Waals surface area contributed by atoms with Gasteiger partial charge in [0.05, 0.1) is 33.7 Å². The second-order valence-electron chi connectivity index (χ2n) is 18.4. The maximum Gasteiger partial charge on any atom is 0.252 e. The molecular formula is C65H41BN6. The summed E-state index contributed by atoms with van der Waals surface area (Å²) < 4.78 is 2.23. The second-order valence-corrected chi connectivity index (χ2v) is 18.4. The fourth-order valence-electron chi connectivity index (χ4n) is 11.2. The first-order chi connectivity index (χ1) is 35.7. The van der Waals surface area contributed by atoms with Gasteiger partial charge in [-0.2, -0.15) is 5.26 Å². The lowest BCUT2D eigenvalue weighted by Gasteiger charge is -2.44. The number of benzene rings is 10. The Morgan fingerprint density at radius 1 is 0.361 bits per heavy atom. The van der Waals surface area contributed by atoms with E-state index in [0.717, 1.165) is 89.4 Å². The molecule has 12 aromatic rings. The quantitative estimate of drug-likeness (QED) is 0.149. The highest BCUT2D eigenvalue weighted by atomic mass is 15.2. The standard InChI is InChI=1S/C65H41BN6/c67-42-48-37-46(65-68-55(43-19-5-1-6-20-43)41-56(69-65)44-21-7-2-8-22-44)34-35-57(48)72-58-30-16-13-27-51(58)52-38-45(33-36-59(52)72)47-39-62-64-63(40-47)71(50-25-11-4-12-26-50)61-32-18-15-29-54(61)66(64)53-28-14-17-31-60(53)70(62)49-23-9-3-10-24-49/h1-41H. The molecule has 2 aliphatic heterocycles. The van der Waals surface area contributed by atoms with Crippen molar-refractivity contribution in [3.8, 4) is 56.8 Å². The van der Waals surface area contributed by atoms with E-state index in [2.05, 4.69) is 208 Å². The summed E-state index contributed by atoms with van der Waals surface area (Å²) in [7, 11) is 0. The third-order valence-corrected chi connectivity index (χ3v) is 14.4. The number of rotatable bonds is 7. The average Bonchev–Trinajstić information content (AvgIpc) is 3.79. The van der Waals surface area contributed by atoms with Crippen molar-refractivity contribution in [3.05, 3.63) is 254 Å². The predicted molar refractivity (Wildman–Crippen MR) is 297 cm³/mol. The van der Waals surface area contributed by atoms with Crippen LogP contribution in [0.25, 0.3) is 72.5 Å². The Labute approximate surface area is 417 Å². The van der Waals surface area contributed by atoms with Crippen molar-refractivity contribution in [1.29, 1.82) is 5.26 Å². The molecule has 0 bridgehead atoms. The van der Waals surface area contributed by atoms with Crippen LogP contribution in [0, 0.1) is 11.3 Å². The smallest absolute Gasteiger partial charge is 0.252 e. The maximum absolute atomic E-state index is 11.0. The highest BCUT2D eigenvalue weighted by molar-refractivity contribution is 7.00. The van der Waals surface area contributed by atoms with Gasteiger partial charge in [0, 0.05) is 61.6 Å². The molecule has 0 aliphatic carbocycles. The first kappa shape index (κ1) is 41.2. The number of anilines is 6. The summed E-state index contributed by atoms with van der Waals surface area (Å²) in [6.45, 7) is 0.0304. The molecule has 72 heavy (non-hydrogen) atoms. The molecule has 0 radical (unpaired) electrons. The van der Waals surface area contributed by atoms with Gasteiger partial charge in [-0.1, -0.05) is 158 Å². The SMILES string of the molecule is N#Cc1cc(-c2nc(-c3ccccc3)cc(-c3ccccc3)n2)ccc1-n1c2ccccc2c2cc(-c3cc4c5c(c3)N(c3ccccc3)c3ccccc3B5c3ccccc3N4c3ccccc3)ccc21. The molecule has 2 aromatic heterocycles. The summed E-state index contributed by atoms with van der Waals surface area (Å²) in [6.07, 6.45) is 0. The lowest BCUT2D eigenvalue weighted by Crippen LogP contribution is -2.61. The average molecular weight is 917 g/mol. The summed E-state index contributed by atoms with van der Waals surface area (Å²) in [6, 6.07) is 90.4. The molecule has 10 aromatic carbocycles. The maximum atomic E-state index is 11.0. The minimum absolute atomic E-state index is 0.0304. The van der Waals surface area contributed by atoms with Crippen LogP contribution in [0.4, 0.5) is 34.1 Å². The summed E-state index contributed by atoms with van der Waals surface area (Å²) in [5.74, 6) is 0.559. The topological polar surface area (TPSA) is 61.0 Å². The van der Waals surface area contributed by atoms with Crippen LogP contribution in [-0.2, 0) is 0 Å². The molecule has 14 rings (SSSR count). The first-order valence-corrected chi connectivity index (χ1v) is 24.3. The fourth-order valence-corrected chi connectivity index (χ4v) is 11.2. The van der Waals surface area contributed by atoms with Crippen molar-refractivity contribution in [2.75, 3.05) is 9.80 Å². The molecule has 0 saturated heterocycles. The van der Waals surface area contributed by atoms with Gasteiger partial charge in [-0.3, -0.25) is 0 Å². The van der Waals surface area contributed by atoms with Crippen molar-refractivity contribution in [2.24, 2.45) is 0 Å². The van der Waals surface area contributed by atoms with E-state index in [4.69, 9.17) is 9.97 Å². The Kier molecular flexibility index (Phi) is 9.58. The molecule has 0 fully saturated rings. The van der Waals surface area contributed by atoms with Gasteiger partial charge in [0.15, 0.2) is 5.82 Å². The van der Waals surface area contributed by atoms with Gasteiger partial charge in [0.25, 0.3) is 6.71 Å². The van der Waals surface area contributed by atoms with Gasteiger partial charge in [-0.05, 0) is 119 Å². The van der Waals surface area contributed by atoms with E-state index in [1.165, 1.54) is 27.8 Å². The van der Waals surface area contributed by atoms with Crippen molar-refractivity contribution in [1.82, 2.24) is 14.5 Å². The minimum atomic E-state index is 0.0304. The number of nitriles is 1. The molecule has 6 nitrogen and oxygen atoms in total. The lowest BCUT2D eigenvalue weighted by molar-refractivity contribution is 1.15. The zero-order valence-electron chi connectivity index (χ0n) is 38.9. The zero-order chi connectivity index (χ0) is 47.7. The van der Waals surface area contributed by atoms with Crippen molar-refractivity contribution in [2.45, 2.75) is 0 Å². The predicted octanol–water partition coefficient (Wildman–Crippen LogP) is 14.2. The van der Waals surface area contributed by atoms with Gasteiger partial charge in [0.1, 0.15) is 6.07 Å². The Morgan fingerprint density at radius 3 is 1.44 bits per heavy atom. The molecule has 4 heterocycles. The van der Waals surface area contributed by atoms with Gasteiger partial charge in [0.2, 0.25) is 0 Å². The molecule has 0 amide bonds. The van der Waals surface area contributed by atoms with Crippen LogP contribution in [-0.4, -0.2) is 21.2 Å². The summed E-state index contributed by atoms with van der Waals surface area (Å²) in [4.78, 5) is 15.1. The van der Waals surface area contributed by atoms with Crippen molar-refractivity contribution in [3.63, 3.8) is 0 Å². The zero-order valence-corrected chi connectivity index (χ0v) is 38.9. The summed E-state index contributed by atoms with van der Waals surface area (Å²) in [5.41, 5.74) is 20.7. The van der Waals surface area contributed by atoms with E-state index in [1.807, 2.05) is 60.7 Å². The van der Waals surface area contributed by atoms with Gasteiger partial charge >= 0.3 is 0 Å². The van der Waals surface area contributed by atoms with Crippen LogP contribution < -0.4 is 26.2 Å². The Hall–Kier alpha value is -9.77. The third kappa shape index (κ3) is 6.58. The normalized spacial score (nSPS) is 12.3. The number of nitrogens with zero attached hydrogens (tertiary/aromatic N) is 6. The van der Waals surface area contributed by atoms with E-state index in [9.17, 15) is 5.26 Å². The molecule has 0 saturated carbocycles. The third-order valence-electron chi connectivity index (χ3n) is 14.4. The number of hydrogen-bond acceptors (Lipinski definition) is 5. The van der Waals surface area contributed by atoms with E-state index in [-0.39, 0.29) is 6.71 Å². The fraction of sp³-hybridized carbons (Fsp3) is 0. The Bertz CT molecular complexity index is 3960. The van der Waals surface area contributed by atoms with Crippen LogP contribution in [0.5, 0.6) is 0 Å². The van der Waals surface area contributed by atoms with Crippen molar-refractivity contribution < 1.29 is 0 Å². The minimum Gasteiger partial charge on any atom is -0.311 e. The molecule has 0 atom stereocenters. The molecule has 0 spiro atoms. The Morgan fingerprint density at radius 2 is 0.861 bits per heavy atom. The molecular weight excluding hydrogens is 876 g/mol. The highest BCUT2D eigenvalue weighted by Gasteiger charge is 2.43. The van der Waals surface area contributed by atoms with Crippen LogP contribution in [0.1, 0.15) is 5.56 Å². The van der Waals surface area contributed by atoms with E-state index < -0.39 is 0 Å². The summed E-state index contributed by atoms with van der Waals surface area (Å²) in [5, 5.41) is 13.2. The summed E-state index contributed by atoms with van der Waals surface area (Å²) >= 11 is 0. The highest BCUT2D eigenvalue weighted by Crippen LogP contribution is 2.47. The molecule has 7 heteroatoms. The van der Waals surface area contributed by atoms with Crippen LogP contribution in [0.2, 0.25) is 0 Å². The van der Waals surface area contributed by atoms with Crippen LogP contribution in [0.15, 0.2) is 249 Å². The number of fused-ring (bicyclic) bond motifs is 7. The monoisotopic (exact) mass is 916 g/mol. The molecule has 334 valence electrons. The van der Waals surface area contributed by atoms with Gasteiger partial charge in [-0.25, -0.2) is 9.97 Å². The molecule has 0 unspecified atom stereocenters. The van der Waals surface area contributed by atoms with Crippen LogP contribution >= 0.6 is 0 Å². The number of para-hydroxylation sites is 5. The lowest BCUT2D eigenvalue weighted by atomic mass is 9.33. The van der Waals surface area contributed by atoms with E-state index in [0.29, 0.717) is 11.4 Å². The van der Waals surface area contributed by atoms with E-state index in [1.54, 1.807) is 0 Å². The number of aromatic nitrogens is 3.